The SMILES string of the molecule is CC1(C)c2ccccc2-c2ccc(-c3nc(-n4c5ccccc5c5cc6c(ccc7c8ccccc8oc67)cc54)nc4c3sc3ccccc34)cc21. The minimum absolute atomic E-state index is 0.115. The quantitative estimate of drug-likeness (QED) is 0.182. The standard InChI is InChI=1S/C47H29N3OS/c1-47(2)36-15-7-3-11-28(36)29-21-20-27(23-37(29)47)42-45-43(33-14-6-10-18-41(33)52-45)49-46(48-42)50-38-16-8-4-12-30(38)35-25-34-26(24-39(35)50)19-22-32-31-13-5-9-17-40(31)51-44(32)34/h3-25H,1-2H3. The van der Waals surface area contributed by atoms with Crippen LogP contribution >= 0.6 is 11.3 Å². The number of benzene rings is 7. The van der Waals surface area contributed by atoms with Crippen molar-refractivity contribution in [1.29, 1.82) is 0 Å². The summed E-state index contributed by atoms with van der Waals surface area (Å²) in [5.41, 5.74) is 12.2. The van der Waals surface area contributed by atoms with Gasteiger partial charge in [0.15, 0.2) is 0 Å². The molecule has 0 unspecified atom stereocenters. The molecule has 52 heavy (non-hydrogen) atoms. The first-order chi connectivity index (χ1) is 25.5. The van der Waals surface area contributed by atoms with Crippen LogP contribution in [0.1, 0.15) is 25.0 Å². The van der Waals surface area contributed by atoms with Gasteiger partial charge in [-0.05, 0) is 70.1 Å². The van der Waals surface area contributed by atoms with Gasteiger partial charge in [-0.3, -0.25) is 4.57 Å². The molecule has 4 nitrogen and oxygen atoms in total. The van der Waals surface area contributed by atoms with Gasteiger partial charge < -0.3 is 4.42 Å². The van der Waals surface area contributed by atoms with Gasteiger partial charge in [-0.25, -0.2) is 9.97 Å². The molecular formula is C47H29N3OS. The minimum Gasteiger partial charge on any atom is -0.455 e. The van der Waals surface area contributed by atoms with Crippen molar-refractivity contribution in [2.75, 3.05) is 0 Å². The zero-order valence-electron chi connectivity index (χ0n) is 28.4. The highest BCUT2D eigenvalue weighted by atomic mass is 32.1. The predicted molar refractivity (Wildman–Crippen MR) is 217 cm³/mol. The minimum atomic E-state index is -0.115. The van der Waals surface area contributed by atoms with Crippen LogP contribution in [0.2, 0.25) is 0 Å². The lowest BCUT2D eigenvalue weighted by atomic mass is 9.82. The summed E-state index contributed by atoms with van der Waals surface area (Å²) in [6, 6.07) is 50.2. The number of hydrogen-bond donors (Lipinski definition) is 0. The summed E-state index contributed by atoms with van der Waals surface area (Å²) in [5.74, 6) is 0.671. The van der Waals surface area contributed by atoms with Crippen LogP contribution in [0.3, 0.4) is 0 Å². The maximum atomic E-state index is 6.50. The van der Waals surface area contributed by atoms with E-state index >= 15 is 0 Å². The third kappa shape index (κ3) is 3.65. The monoisotopic (exact) mass is 683 g/mol. The highest BCUT2D eigenvalue weighted by Crippen LogP contribution is 2.50. The average molecular weight is 684 g/mol. The van der Waals surface area contributed by atoms with E-state index in [4.69, 9.17) is 14.4 Å². The maximum absolute atomic E-state index is 6.50. The van der Waals surface area contributed by atoms with E-state index in [0.29, 0.717) is 5.95 Å². The van der Waals surface area contributed by atoms with Gasteiger partial charge >= 0.3 is 0 Å². The van der Waals surface area contributed by atoms with Crippen LogP contribution in [0, 0.1) is 0 Å². The Balaban J connectivity index is 1.16. The summed E-state index contributed by atoms with van der Waals surface area (Å²) in [4.78, 5) is 11.0. The highest BCUT2D eigenvalue weighted by molar-refractivity contribution is 7.26. The van der Waals surface area contributed by atoms with Crippen LogP contribution in [0.25, 0.3) is 103 Å². The predicted octanol–water partition coefficient (Wildman–Crippen LogP) is 13.0. The molecule has 0 amide bonds. The Morgan fingerprint density at radius 2 is 1.35 bits per heavy atom. The van der Waals surface area contributed by atoms with Gasteiger partial charge in [0, 0.05) is 48.0 Å². The third-order valence-electron chi connectivity index (χ3n) is 11.4. The lowest BCUT2D eigenvalue weighted by Gasteiger charge is -2.22. The van der Waals surface area contributed by atoms with E-state index in [-0.39, 0.29) is 5.41 Å². The van der Waals surface area contributed by atoms with Crippen LogP contribution < -0.4 is 0 Å². The maximum Gasteiger partial charge on any atom is 0.235 e. The Labute approximate surface area is 302 Å². The fraction of sp³-hybridized carbons (Fsp3) is 0.0638. The van der Waals surface area contributed by atoms with E-state index in [2.05, 4.69) is 146 Å². The number of para-hydroxylation sites is 2. The molecule has 0 bridgehead atoms. The lowest BCUT2D eigenvalue weighted by Crippen LogP contribution is -2.15. The highest BCUT2D eigenvalue weighted by Gasteiger charge is 2.35. The molecule has 1 aliphatic carbocycles. The number of furan rings is 1. The summed E-state index contributed by atoms with van der Waals surface area (Å²) in [7, 11) is 0. The van der Waals surface area contributed by atoms with Gasteiger partial charge in [0.1, 0.15) is 11.2 Å². The topological polar surface area (TPSA) is 43.9 Å². The van der Waals surface area contributed by atoms with Gasteiger partial charge in [-0.2, -0.15) is 0 Å². The number of rotatable bonds is 2. The molecule has 0 radical (unpaired) electrons. The molecule has 1 aliphatic rings. The molecule has 12 rings (SSSR count). The molecule has 0 aliphatic heterocycles. The normalized spacial score (nSPS) is 13.7. The van der Waals surface area contributed by atoms with E-state index in [1.54, 1.807) is 11.3 Å². The smallest absolute Gasteiger partial charge is 0.235 e. The number of thiophene rings is 1. The van der Waals surface area contributed by atoms with E-state index in [9.17, 15) is 0 Å². The summed E-state index contributed by atoms with van der Waals surface area (Å²) in [6.07, 6.45) is 0. The van der Waals surface area contributed by atoms with Crippen LogP contribution in [-0.2, 0) is 5.41 Å². The molecule has 0 spiro atoms. The average Bonchev–Trinajstić information content (AvgIpc) is 3.90. The molecule has 7 aromatic carbocycles. The molecule has 4 aromatic heterocycles. The van der Waals surface area contributed by atoms with Crippen molar-refractivity contribution in [3.63, 3.8) is 0 Å². The number of aromatic nitrogens is 3. The molecule has 0 fully saturated rings. The van der Waals surface area contributed by atoms with Gasteiger partial charge in [0.05, 0.1) is 26.9 Å². The summed E-state index contributed by atoms with van der Waals surface area (Å²) >= 11 is 1.78. The Kier molecular flexibility index (Phi) is 5.43. The summed E-state index contributed by atoms with van der Waals surface area (Å²) < 4.78 is 11.1. The molecule has 0 saturated heterocycles. The van der Waals surface area contributed by atoms with Crippen molar-refractivity contribution in [2.24, 2.45) is 0 Å². The van der Waals surface area contributed by atoms with Crippen molar-refractivity contribution < 1.29 is 4.42 Å². The molecule has 11 aromatic rings. The van der Waals surface area contributed by atoms with Crippen molar-refractivity contribution in [1.82, 2.24) is 14.5 Å². The molecule has 0 N–H and O–H groups in total. The van der Waals surface area contributed by atoms with E-state index in [0.717, 1.165) is 81.4 Å². The van der Waals surface area contributed by atoms with Crippen LogP contribution in [0.15, 0.2) is 144 Å². The Morgan fingerprint density at radius 1 is 0.577 bits per heavy atom. The Morgan fingerprint density at radius 3 is 2.27 bits per heavy atom. The second-order valence-corrected chi connectivity index (χ2v) is 15.6. The fourth-order valence-electron chi connectivity index (χ4n) is 8.91. The third-order valence-corrected chi connectivity index (χ3v) is 12.6. The van der Waals surface area contributed by atoms with E-state index < -0.39 is 0 Å². The second-order valence-electron chi connectivity index (χ2n) is 14.6. The van der Waals surface area contributed by atoms with Gasteiger partial charge in [0.2, 0.25) is 5.95 Å². The van der Waals surface area contributed by atoms with Gasteiger partial charge in [0.25, 0.3) is 0 Å². The molecule has 4 heterocycles. The zero-order chi connectivity index (χ0) is 34.3. The first-order valence-corrected chi connectivity index (χ1v) is 18.6. The molecule has 244 valence electrons. The molecule has 0 saturated carbocycles. The summed E-state index contributed by atoms with van der Waals surface area (Å²) in [5, 5.41) is 7.95. The van der Waals surface area contributed by atoms with Crippen molar-refractivity contribution in [2.45, 2.75) is 19.3 Å². The van der Waals surface area contributed by atoms with Crippen molar-refractivity contribution in [3.8, 4) is 28.3 Å². The van der Waals surface area contributed by atoms with E-state index in [1.165, 1.54) is 27.0 Å². The second kappa shape index (κ2) is 9.93. The fourth-order valence-corrected chi connectivity index (χ4v) is 10.1. The number of nitrogens with zero attached hydrogens (tertiary/aromatic N) is 3. The molecule has 0 atom stereocenters. The number of hydrogen-bond acceptors (Lipinski definition) is 4. The largest absolute Gasteiger partial charge is 0.455 e. The summed E-state index contributed by atoms with van der Waals surface area (Å²) in [6.45, 7) is 4.67. The lowest BCUT2D eigenvalue weighted by molar-refractivity contribution is 0.660. The van der Waals surface area contributed by atoms with Crippen LogP contribution in [0.5, 0.6) is 0 Å². The van der Waals surface area contributed by atoms with Crippen molar-refractivity contribution >= 4 is 86.2 Å². The Hall–Kier alpha value is -6.30. The Bertz CT molecular complexity index is 3340. The first-order valence-electron chi connectivity index (χ1n) is 17.7. The number of fused-ring (bicyclic) bond motifs is 14. The molecular weight excluding hydrogens is 655 g/mol. The molecule has 5 heteroatoms. The van der Waals surface area contributed by atoms with Crippen LogP contribution in [-0.4, -0.2) is 14.5 Å². The van der Waals surface area contributed by atoms with Gasteiger partial charge in [-0.1, -0.05) is 111 Å². The van der Waals surface area contributed by atoms with Crippen LogP contribution in [0.4, 0.5) is 0 Å². The van der Waals surface area contributed by atoms with Crippen molar-refractivity contribution in [3.05, 3.63) is 151 Å². The van der Waals surface area contributed by atoms with Gasteiger partial charge in [-0.15, -0.1) is 11.3 Å². The zero-order valence-corrected chi connectivity index (χ0v) is 29.3. The van der Waals surface area contributed by atoms with E-state index in [1.807, 2.05) is 12.1 Å². The first kappa shape index (κ1) is 28.4.